The summed E-state index contributed by atoms with van der Waals surface area (Å²) in [6.45, 7) is 0.638. The van der Waals surface area contributed by atoms with Gasteiger partial charge in [0.15, 0.2) is 0 Å². The number of hydrogen-bond acceptors (Lipinski definition) is 4. The van der Waals surface area contributed by atoms with E-state index in [9.17, 15) is 4.39 Å². The average Bonchev–Trinajstić information content (AvgIpc) is 2.70. The first-order valence-corrected chi connectivity index (χ1v) is 6.20. The first-order valence-electron chi connectivity index (χ1n) is 4.63. The first kappa shape index (κ1) is 11.6. The second-order valence-electron chi connectivity index (χ2n) is 3.20. The lowest BCUT2D eigenvalue weighted by Gasteiger charge is -2.02. The zero-order chi connectivity index (χ0) is 11.5. The molecule has 0 saturated carbocycles. The molecular formula is C10H9BrFN3S. The van der Waals surface area contributed by atoms with E-state index in [0.717, 1.165) is 9.35 Å². The molecule has 0 amide bonds. The van der Waals surface area contributed by atoms with Crippen molar-refractivity contribution >= 4 is 27.5 Å². The summed E-state index contributed by atoms with van der Waals surface area (Å²) in [6.07, 6.45) is 0. The van der Waals surface area contributed by atoms with Crippen molar-refractivity contribution in [2.24, 2.45) is 0 Å². The molecule has 0 aliphatic heterocycles. The molecule has 3 nitrogen and oxygen atoms in total. The van der Waals surface area contributed by atoms with Crippen molar-refractivity contribution in [1.82, 2.24) is 14.9 Å². The summed E-state index contributed by atoms with van der Waals surface area (Å²) in [7, 11) is 1.83. The molecule has 2 aromatic rings. The molecule has 84 valence electrons. The van der Waals surface area contributed by atoms with E-state index < -0.39 is 0 Å². The lowest BCUT2D eigenvalue weighted by molar-refractivity contribution is 0.630. The minimum Gasteiger partial charge on any atom is -0.315 e. The number of halogens is 2. The quantitative estimate of drug-likeness (QED) is 0.947. The van der Waals surface area contributed by atoms with Crippen molar-refractivity contribution in [3.8, 4) is 11.3 Å². The van der Waals surface area contributed by atoms with E-state index in [1.807, 2.05) is 7.05 Å². The topological polar surface area (TPSA) is 37.8 Å². The van der Waals surface area contributed by atoms with E-state index in [-0.39, 0.29) is 5.82 Å². The Morgan fingerprint density at radius 2 is 2.31 bits per heavy atom. The van der Waals surface area contributed by atoms with Gasteiger partial charge in [0.25, 0.3) is 0 Å². The van der Waals surface area contributed by atoms with Gasteiger partial charge in [0.2, 0.25) is 0 Å². The van der Waals surface area contributed by atoms with Crippen LogP contribution in [0, 0.1) is 5.82 Å². The molecule has 0 aliphatic rings. The molecule has 0 radical (unpaired) electrons. The zero-order valence-corrected chi connectivity index (χ0v) is 10.9. The van der Waals surface area contributed by atoms with Crippen LogP contribution in [0.3, 0.4) is 0 Å². The van der Waals surface area contributed by atoms with Gasteiger partial charge in [0, 0.05) is 16.6 Å². The number of nitrogens with zero attached hydrogens (tertiary/aromatic N) is 2. The molecule has 0 saturated heterocycles. The lowest BCUT2D eigenvalue weighted by Crippen LogP contribution is -2.04. The molecule has 0 atom stereocenters. The normalized spacial score (nSPS) is 10.7. The van der Waals surface area contributed by atoms with Crippen molar-refractivity contribution in [2.75, 3.05) is 7.05 Å². The first-order chi connectivity index (χ1) is 7.72. The molecule has 1 aromatic heterocycles. The highest BCUT2D eigenvalue weighted by atomic mass is 79.9. The Morgan fingerprint density at radius 1 is 1.50 bits per heavy atom. The molecule has 16 heavy (non-hydrogen) atoms. The van der Waals surface area contributed by atoms with Gasteiger partial charge in [-0.15, -0.1) is 5.10 Å². The van der Waals surface area contributed by atoms with Gasteiger partial charge in [-0.3, -0.25) is 0 Å². The number of aromatic nitrogens is 2. The van der Waals surface area contributed by atoms with Crippen LogP contribution in [0.15, 0.2) is 22.7 Å². The molecular weight excluding hydrogens is 293 g/mol. The molecule has 1 heterocycles. The smallest absolute Gasteiger partial charge is 0.132 e. The van der Waals surface area contributed by atoms with E-state index in [0.29, 0.717) is 17.8 Å². The Balaban J connectivity index is 2.49. The van der Waals surface area contributed by atoms with Crippen molar-refractivity contribution in [2.45, 2.75) is 6.54 Å². The van der Waals surface area contributed by atoms with Gasteiger partial charge in [-0.1, -0.05) is 20.4 Å². The lowest BCUT2D eigenvalue weighted by atomic mass is 10.1. The maximum atomic E-state index is 13.6. The van der Waals surface area contributed by atoms with E-state index >= 15 is 0 Å². The predicted molar refractivity (Wildman–Crippen MR) is 65.8 cm³/mol. The Hall–Kier alpha value is -0.850. The summed E-state index contributed by atoms with van der Waals surface area (Å²) < 4.78 is 18.3. The fraction of sp³-hybridized carbons (Fsp3) is 0.200. The summed E-state index contributed by atoms with van der Waals surface area (Å²) in [6, 6.07) is 4.80. The highest BCUT2D eigenvalue weighted by Gasteiger charge is 2.14. The van der Waals surface area contributed by atoms with Gasteiger partial charge in [-0.25, -0.2) is 4.39 Å². The third-order valence-corrected chi connectivity index (χ3v) is 3.29. The SMILES string of the molecule is CNCc1snnc1-c1cc(Br)ccc1F. The van der Waals surface area contributed by atoms with Gasteiger partial charge in [0.1, 0.15) is 11.5 Å². The second-order valence-corrected chi connectivity index (χ2v) is 4.95. The van der Waals surface area contributed by atoms with Crippen LogP contribution in [0.4, 0.5) is 4.39 Å². The van der Waals surface area contributed by atoms with Crippen molar-refractivity contribution in [1.29, 1.82) is 0 Å². The van der Waals surface area contributed by atoms with Gasteiger partial charge in [-0.2, -0.15) is 0 Å². The van der Waals surface area contributed by atoms with Gasteiger partial charge >= 0.3 is 0 Å². The highest BCUT2D eigenvalue weighted by molar-refractivity contribution is 9.10. The molecule has 1 N–H and O–H groups in total. The van der Waals surface area contributed by atoms with Crippen LogP contribution < -0.4 is 5.32 Å². The summed E-state index contributed by atoms with van der Waals surface area (Å²) in [4.78, 5) is 0.930. The molecule has 0 bridgehead atoms. The van der Waals surface area contributed by atoms with Crippen LogP contribution >= 0.6 is 27.5 Å². The van der Waals surface area contributed by atoms with Crippen LogP contribution in [-0.2, 0) is 6.54 Å². The van der Waals surface area contributed by atoms with E-state index in [2.05, 4.69) is 30.8 Å². The second kappa shape index (κ2) is 4.99. The van der Waals surface area contributed by atoms with Crippen LogP contribution in [0.5, 0.6) is 0 Å². The zero-order valence-electron chi connectivity index (χ0n) is 8.50. The van der Waals surface area contributed by atoms with Gasteiger partial charge in [-0.05, 0) is 36.8 Å². The van der Waals surface area contributed by atoms with E-state index in [1.54, 1.807) is 12.1 Å². The number of rotatable bonds is 3. The maximum absolute atomic E-state index is 13.6. The standard InChI is InChI=1S/C10H9BrFN3S/c1-13-5-9-10(14-15-16-9)7-4-6(11)2-3-8(7)12/h2-4,13H,5H2,1H3. The van der Waals surface area contributed by atoms with E-state index in [4.69, 9.17) is 0 Å². The van der Waals surface area contributed by atoms with Gasteiger partial charge < -0.3 is 5.32 Å². The molecule has 0 unspecified atom stereocenters. The Morgan fingerprint density at radius 3 is 3.06 bits per heavy atom. The Bertz CT molecular complexity index is 501. The fourth-order valence-corrected chi connectivity index (χ4v) is 2.40. The minimum absolute atomic E-state index is 0.284. The average molecular weight is 302 g/mol. The summed E-state index contributed by atoms with van der Waals surface area (Å²) >= 11 is 4.60. The number of nitrogens with one attached hydrogen (secondary N) is 1. The Kier molecular flexibility index (Phi) is 3.63. The number of hydrogen-bond donors (Lipinski definition) is 1. The Labute approximate surface area is 105 Å². The monoisotopic (exact) mass is 301 g/mol. The minimum atomic E-state index is -0.284. The van der Waals surface area contributed by atoms with Crippen LogP contribution in [0.2, 0.25) is 0 Å². The fourth-order valence-electron chi connectivity index (χ4n) is 1.37. The van der Waals surface area contributed by atoms with Crippen molar-refractivity contribution in [3.05, 3.63) is 33.4 Å². The highest BCUT2D eigenvalue weighted by Crippen LogP contribution is 2.28. The summed E-state index contributed by atoms with van der Waals surface area (Å²) in [5.74, 6) is -0.284. The molecule has 1 aromatic carbocycles. The van der Waals surface area contributed by atoms with Crippen LogP contribution in [-0.4, -0.2) is 16.6 Å². The number of benzene rings is 1. The van der Waals surface area contributed by atoms with E-state index in [1.165, 1.54) is 17.6 Å². The third kappa shape index (κ3) is 2.28. The summed E-state index contributed by atoms with van der Waals surface area (Å²) in [5.41, 5.74) is 1.09. The van der Waals surface area contributed by atoms with Crippen molar-refractivity contribution < 1.29 is 4.39 Å². The maximum Gasteiger partial charge on any atom is 0.132 e. The molecule has 0 aliphatic carbocycles. The molecule has 2 rings (SSSR count). The molecule has 0 spiro atoms. The van der Waals surface area contributed by atoms with Crippen LogP contribution in [0.1, 0.15) is 4.88 Å². The largest absolute Gasteiger partial charge is 0.315 e. The van der Waals surface area contributed by atoms with Gasteiger partial charge in [0.05, 0.1) is 4.88 Å². The van der Waals surface area contributed by atoms with Crippen LogP contribution in [0.25, 0.3) is 11.3 Å². The predicted octanol–water partition coefficient (Wildman–Crippen LogP) is 2.83. The molecule has 6 heteroatoms. The molecule has 0 fully saturated rings. The third-order valence-electron chi connectivity index (χ3n) is 2.08. The summed E-state index contributed by atoms with van der Waals surface area (Å²) in [5, 5.41) is 6.99. The van der Waals surface area contributed by atoms with Crippen molar-refractivity contribution in [3.63, 3.8) is 0 Å².